The summed E-state index contributed by atoms with van der Waals surface area (Å²) in [7, 11) is 0. The Morgan fingerprint density at radius 3 is 2.54 bits per heavy atom. The summed E-state index contributed by atoms with van der Waals surface area (Å²) in [6.45, 7) is 0. The number of nitrogens with one attached hydrogen (secondary N) is 2. The lowest BCUT2D eigenvalue weighted by Crippen LogP contribution is -2.27. The van der Waals surface area contributed by atoms with Crippen molar-refractivity contribution in [1.29, 1.82) is 0 Å². The van der Waals surface area contributed by atoms with E-state index in [1.54, 1.807) is 30.5 Å². The van der Waals surface area contributed by atoms with E-state index in [4.69, 9.17) is 23.2 Å². The van der Waals surface area contributed by atoms with Crippen molar-refractivity contribution in [2.75, 3.05) is 5.32 Å². The maximum atomic E-state index is 13.4. The molecular weight excluding hydrogens is 350 g/mol. The Kier molecular flexibility index (Phi) is 3.55. The van der Waals surface area contributed by atoms with Gasteiger partial charge >= 0.3 is 0 Å². The van der Waals surface area contributed by atoms with Crippen LogP contribution in [0.25, 0.3) is 10.9 Å². The number of benzene rings is 2. The van der Waals surface area contributed by atoms with E-state index in [1.165, 1.54) is 12.1 Å². The summed E-state index contributed by atoms with van der Waals surface area (Å²) in [6, 6.07) is 9.61. The molecular formula is C18H13Cl2FN2O. The van der Waals surface area contributed by atoms with Crippen molar-refractivity contribution in [1.82, 2.24) is 4.98 Å². The van der Waals surface area contributed by atoms with E-state index in [2.05, 4.69) is 10.3 Å². The fraction of sp³-hybridized carbons (Fsp3) is 0.167. The largest absolute Gasteiger partial charge is 0.361 e. The van der Waals surface area contributed by atoms with Gasteiger partial charge in [0.05, 0.1) is 21.1 Å². The third-order valence-corrected chi connectivity index (χ3v) is 5.18. The first-order valence-electron chi connectivity index (χ1n) is 7.54. The predicted molar refractivity (Wildman–Crippen MR) is 94.3 cm³/mol. The van der Waals surface area contributed by atoms with Crippen molar-refractivity contribution in [3.8, 4) is 0 Å². The monoisotopic (exact) mass is 362 g/mol. The lowest BCUT2D eigenvalue weighted by Gasteiger charge is -2.16. The molecule has 0 bridgehead atoms. The van der Waals surface area contributed by atoms with Gasteiger partial charge in [-0.05, 0) is 48.7 Å². The fourth-order valence-electron chi connectivity index (χ4n) is 3.09. The van der Waals surface area contributed by atoms with Crippen LogP contribution in [0.4, 0.5) is 10.1 Å². The van der Waals surface area contributed by atoms with Crippen LogP contribution in [-0.2, 0) is 10.2 Å². The highest BCUT2D eigenvalue weighted by Gasteiger charge is 2.52. The quantitative estimate of drug-likeness (QED) is 0.653. The van der Waals surface area contributed by atoms with Crippen LogP contribution in [0.15, 0.2) is 42.6 Å². The van der Waals surface area contributed by atoms with E-state index in [9.17, 15) is 9.18 Å². The molecule has 1 aliphatic carbocycles. The molecule has 1 aromatic heterocycles. The molecule has 2 aromatic carbocycles. The highest BCUT2D eigenvalue weighted by molar-refractivity contribution is 6.39. The van der Waals surface area contributed by atoms with E-state index >= 15 is 0 Å². The van der Waals surface area contributed by atoms with Crippen molar-refractivity contribution in [2.24, 2.45) is 0 Å². The molecule has 0 radical (unpaired) electrons. The summed E-state index contributed by atoms with van der Waals surface area (Å²) in [5, 5.41) is 4.50. The van der Waals surface area contributed by atoms with Gasteiger partial charge in [0.15, 0.2) is 0 Å². The maximum Gasteiger partial charge on any atom is 0.235 e. The number of hydrogen-bond donors (Lipinski definition) is 2. The molecule has 1 amide bonds. The molecule has 0 unspecified atom stereocenters. The van der Waals surface area contributed by atoms with Gasteiger partial charge in [0.1, 0.15) is 5.82 Å². The number of aromatic nitrogens is 1. The molecule has 3 aromatic rings. The molecule has 1 fully saturated rings. The number of hydrogen-bond acceptors (Lipinski definition) is 1. The summed E-state index contributed by atoms with van der Waals surface area (Å²) in [6.07, 6.45) is 3.24. The second-order valence-electron chi connectivity index (χ2n) is 6.03. The highest BCUT2D eigenvalue weighted by atomic mass is 35.5. The van der Waals surface area contributed by atoms with Gasteiger partial charge in [0.2, 0.25) is 5.91 Å². The zero-order chi connectivity index (χ0) is 16.9. The second-order valence-corrected chi connectivity index (χ2v) is 6.84. The Balaban J connectivity index is 1.71. The van der Waals surface area contributed by atoms with E-state index in [0.717, 1.165) is 23.8 Å². The van der Waals surface area contributed by atoms with Crippen LogP contribution in [-0.4, -0.2) is 10.9 Å². The normalized spacial score (nSPS) is 15.5. The average molecular weight is 363 g/mol. The number of carbonyl (C=O) groups is 1. The third-order valence-electron chi connectivity index (χ3n) is 4.55. The highest BCUT2D eigenvalue weighted by Crippen LogP contribution is 2.51. The van der Waals surface area contributed by atoms with Crippen molar-refractivity contribution in [2.45, 2.75) is 18.3 Å². The minimum absolute atomic E-state index is 0.150. The summed E-state index contributed by atoms with van der Waals surface area (Å²) in [4.78, 5) is 15.9. The first kappa shape index (κ1) is 15.5. The molecule has 3 nitrogen and oxygen atoms in total. The Morgan fingerprint density at radius 2 is 1.88 bits per heavy atom. The maximum absolute atomic E-state index is 13.4. The van der Waals surface area contributed by atoms with E-state index in [-0.39, 0.29) is 11.7 Å². The average Bonchev–Trinajstić information content (AvgIpc) is 3.25. The Morgan fingerprint density at radius 1 is 1.17 bits per heavy atom. The van der Waals surface area contributed by atoms with Gasteiger partial charge in [-0.1, -0.05) is 29.3 Å². The lowest BCUT2D eigenvalue weighted by molar-refractivity contribution is -0.118. The van der Waals surface area contributed by atoms with Crippen LogP contribution in [0.3, 0.4) is 0 Å². The molecule has 0 spiro atoms. The molecule has 122 valence electrons. The fourth-order valence-corrected chi connectivity index (χ4v) is 3.58. The number of halogens is 3. The first-order valence-corrected chi connectivity index (χ1v) is 8.29. The van der Waals surface area contributed by atoms with Gasteiger partial charge in [-0.25, -0.2) is 4.39 Å². The van der Waals surface area contributed by atoms with E-state index < -0.39 is 5.41 Å². The van der Waals surface area contributed by atoms with Crippen molar-refractivity contribution >= 4 is 45.7 Å². The van der Waals surface area contributed by atoms with Crippen molar-refractivity contribution in [3.05, 3.63) is 64.0 Å². The van der Waals surface area contributed by atoms with Crippen LogP contribution in [0.2, 0.25) is 10.0 Å². The number of aromatic amines is 1. The number of rotatable bonds is 3. The van der Waals surface area contributed by atoms with Crippen LogP contribution >= 0.6 is 23.2 Å². The zero-order valence-corrected chi connectivity index (χ0v) is 14.0. The smallest absolute Gasteiger partial charge is 0.235 e. The SMILES string of the molecule is O=C(Nc1c(Cl)cccc1Cl)C1(c2c[nH]c3cc(F)ccc23)CC1. The first-order chi connectivity index (χ1) is 11.5. The van der Waals surface area contributed by atoms with E-state index in [0.29, 0.717) is 21.2 Å². The molecule has 6 heteroatoms. The minimum Gasteiger partial charge on any atom is -0.361 e. The third kappa shape index (κ3) is 2.38. The van der Waals surface area contributed by atoms with Gasteiger partial charge in [-0.2, -0.15) is 0 Å². The van der Waals surface area contributed by atoms with Crippen LogP contribution in [0.5, 0.6) is 0 Å². The summed E-state index contributed by atoms with van der Waals surface area (Å²) >= 11 is 12.3. The second kappa shape index (κ2) is 5.50. The van der Waals surface area contributed by atoms with Crippen molar-refractivity contribution in [3.63, 3.8) is 0 Å². The molecule has 0 aliphatic heterocycles. The molecule has 1 aliphatic rings. The number of fused-ring (bicyclic) bond motifs is 1. The molecule has 1 saturated carbocycles. The van der Waals surface area contributed by atoms with Gasteiger partial charge in [0.25, 0.3) is 0 Å². The molecule has 4 rings (SSSR count). The Bertz CT molecular complexity index is 943. The topological polar surface area (TPSA) is 44.9 Å². The molecule has 1 heterocycles. The summed E-state index contributed by atoms with van der Waals surface area (Å²) in [5.74, 6) is -0.462. The van der Waals surface area contributed by atoms with Crippen LogP contribution in [0, 0.1) is 5.82 Å². The van der Waals surface area contributed by atoms with Crippen LogP contribution < -0.4 is 5.32 Å². The van der Waals surface area contributed by atoms with Gasteiger partial charge in [0, 0.05) is 17.1 Å². The Labute approximate surface area is 147 Å². The number of para-hydroxylation sites is 1. The number of carbonyl (C=O) groups excluding carboxylic acids is 1. The van der Waals surface area contributed by atoms with Gasteiger partial charge < -0.3 is 10.3 Å². The molecule has 0 atom stereocenters. The van der Waals surface area contributed by atoms with Gasteiger partial charge in [-0.15, -0.1) is 0 Å². The van der Waals surface area contributed by atoms with Crippen LogP contribution in [0.1, 0.15) is 18.4 Å². The summed E-state index contributed by atoms with van der Waals surface area (Å²) < 4.78 is 13.4. The predicted octanol–water partition coefficient (Wildman–Crippen LogP) is 5.28. The zero-order valence-electron chi connectivity index (χ0n) is 12.5. The lowest BCUT2D eigenvalue weighted by atomic mass is 9.94. The molecule has 2 N–H and O–H groups in total. The molecule has 24 heavy (non-hydrogen) atoms. The number of H-pyrrole nitrogens is 1. The molecule has 0 saturated heterocycles. The van der Waals surface area contributed by atoms with E-state index in [1.807, 2.05) is 0 Å². The Hall–Kier alpha value is -2.04. The number of anilines is 1. The minimum atomic E-state index is -0.626. The number of amides is 1. The standard InChI is InChI=1S/C18H13Cl2FN2O/c19-13-2-1-3-14(20)16(13)23-17(24)18(6-7-18)12-9-22-15-8-10(21)4-5-11(12)15/h1-5,8-9,22H,6-7H2,(H,23,24). The van der Waals surface area contributed by atoms with Gasteiger partial charge in [-0.3, -0.25) is 4.79 Å². The summed E-state index contributed by atoms with van der Waals surface area (Å²) in [5.41, 5.74) is 1.35. The van der Waals surface area contributed by atoms with Crippen molar-refractivity contribution < 1.29 is 9.18 Å².